The third-order valence-electron chi connectivity index (χ3n) is 5.78. The van der Waals surface area contributed by atoms with Gasteiger partial charge in [0.2, 0.25) is 5.91 Å². The number of hydrogen-bond donors (Lipinski definition) is 1. The van der Waals surface area contributed by atoms with Gasteiger partial charge in [-0.2, -0.15) is 0 Å². The Kier molecular flexibility index (Phi) is 8.02. The average Bonchev–Trinajstić information content (AvgIpc) is 3.12. The molecule has 1 N–H and O–H groups in total. The van der Waals surface area contributed by atoms with Gasteiger partial charge in [0.05, 0.1) is 24.3 Å². The number of rotatable bonds is 9. The van der Waals surface area contributed by atoms with Crippen molar-refractivity contribution in [2.45, 2.75) is 25.8 Å². The van der Waals surface area contributed by atoms with Gasteiger partial charge in [0, 0.05) is 24.6 Å². The predicted octanol–water partition coefficient (Wildman–Crippen LogP) is 3.83. The zero-order chi connectivity index (χ0) is 25.5. The van der Waals surface area contributed by atoms with Crippen molar-refractivity contribution in [3.63, 3.8) is 0 Å². The molecule has 36 heavy (non-hydrogen) atoms. The number of thiocarbonyl (C=S) groups is 1. The Morgan fingerprint density at radius 2 is 1.72 bits per heavy atom. The van der Waals surface area contributed by atoms with Crippen molar-refractivity contribution in [3.05, 3.63) is 90.3 Å². The number of pyridine rings is 1. The Bertz CT molecular complexity index is 1240. The summed E-state index contributed by atoms with van der Waals surface area (Å²) in [6.45, 7) is 2.46. The molecular formula is C27H26N4O4S. The smallest absolute Gasteiger partial charge is 0.338 e. The van der Waals surface area contributed by atoms with E-state index >= 15 is 0 Å². The molecule has 0 bridgehead atoms. The molecule has 184 valence electrons. The number of nitrogens with one attached hydrogen (secondary N) is 1. The van der Waals surface area contributed by atoms with Gasteiger partial charge in [0.15, 0.2) is 5.11 Å². The molecule has 2 heterocycles. The normalized spacial score (nSPS) is 15.2. The number of hydrogen-bond acceptors (Lipinski definition) is 6. The van der Waals surface area contributed by atoms with E-state index in [1.54, 1.807) is 60.6 Å². The van der Waals surface area contributed by atoms with Crippen molar-refractivity contribution >= 4 is 46.5 Å². The van der Waals surface area contributed by atoms with Gasteiger partial charge in [0.1, 0.15) is 6.04 Å². The number of carbonyl (C=O) groups excluding carboxylic acids is 3. The molecule has 1 saturated heterocycles. The summed E-state index contributed by atoms with van der Waals surface area (Å²) in [4.78, 5) is 45.7. The number of esters is 1. The summed E-state index contributed by atoms with van der Waals surface area (Å²) in [6, 6.07) is 18.7. The van der Waals surface area contributed by atoms with Crippen molar-refractivity contribution in [1.29, 1.82) is 0 Å². The molecule has 8 nitrogen and oxygen atoms in total. The van der Waals surface area contributed by atoms with Crippen molar-refractivity contribution < 1.29 is 19.1 Å². The molecule has 4 rings (SSSR count). The fourth-order valence-electron chi connectivity index (χ4n) is 3.99. The van der Waals surface area contributed by atoms with Crippen LogP contribution in [0.1, 0.15) is 29.3 Å². The van der Waals surface area contributed by atoms with E-state index < -0.39 is 12.0 Å². The van der Waals surface area contributed by atoms with Crippen LogP contribution in [0.4, 0.5) is 11.4 Å². The zero-order valence-electron chi connectivity index (χ0n) is 19.8. The van der Waals surface area contributed by atoms with Gasteiger partial charge in [-0.1, -0.05) is 18.2 Å². The molecule has 9 heteroatoms. The second-order valence-corrected chi connectivity index (χ2v) is 8.52. The van der Waals surface area contributed by atoms with Gasteiger partial charge in [-0.15, -0.1) is 0 Å². The Balaban J connectivity index is 1.55. The van der Waals surface area contributed by atoms with Crippen LogP contribution in [0, 0.1) is 0 Å². The predicted molar refractivity (Wildman–Crippen MR) is 141 cm³/mol. The van der Waals surface area contributed by atoms with Crippen LogP contribution in [-0.2, 0) is 20.7 Å². The fraction of sp³-hybridized carbons (Fsp3) is 0.222. The van der Waals surface area contributed by atoms with E-state index in [-0.39, 0.29) is 24.8 Å². The second kappa shape index (κ2) is 11.5. The lowest BCUT2D eigenvalue weighted by Crippen LogP contribution is -2.39. The highest BCUT2D eigenvalue weighted by Gasteiger charge is 2.43. The number of amides is 2. The third-order valence-corrected chi connectivity index (χ3v) is 6.20. The third kappa shape index (κ3) is 5.75. The highest BCUT2D eigenvalue weighted by molar-refractivity contribution is 7.80. The topological polar surface area (TPSA) is 91.8 Å². The van der Waals surface area contributed by atoms with Crippen LogP contribution >= 0.6 is 12.2 Å². The number of nitrogens with zero attached hydrogens (tertiary/aromatic N) is 3. The molecule has 1 aromatic heterocycles. The molecule has 1 aliphatic heterocycles. The largest absolute Gasteiger partial charge is 0.462 e. The van der Waals surface area contributed by atoms with Gasteiger partial charge in [0.25, 0.3) is 5.91 Å². The maximum Gasteiger partial charge on any atom is 0.338 e. The first-order chi connectivity index (χ1) is 17.5. The number of benzene rings is 2. The number of para-hydroxylation sites is 1. The number of aromatic nitrogens is 1. The van der Waals surface area contributed by atoms with Crippen LogP contribution in [-0.4, -0.2) is 52.0 Å². The molecule has 1 aliphatic rings. The Hall–Kier alpha value is -4.11. The molecule has 2 aromatic carbocycles. The summed E-state index contributed by atoms with van der Waals surface area (Å²) in [7, 11) is 0. The highest BCUT2D eigenvalue weighted by atomic mass is 32.1. The van der Waals surface area contributed by atoms with E-state index in [9.17, 15) is 14.4 Å². The van der Waals surface area contributed by atoms with E-state index in [2.05, 4.69) is 10.3 Å². The Morgan fingerprint density at radius 3 is 2.39 bits per heavy atom. The quantitative estimate of drug-likeness (QED) is 0.351. The summed E-state index contributed by atoms with van der Waals surface area (Å²) in [6.07, 6.45) is 4.00. The van der Waals surface area contributed by atoms with Gasteiger partial charge >= 0.3 is 5.97 Å². The molecule has 0 spiro atoms. The van der Waals surface area contributed by atoms with Crippen molar-refractivity contribution in [2.75, 3.05) is 23.4 Å². The number of ether oxygens (including phenoxy) is 1. The molecule has 1 atom stereocenters. The summed E-state index contributed by atoms with van der Waals surface area (Å²) in [5, 5.41) is 3.16. The van der Waals surface area contributed by atoms with Crippen molar-refractivity contribution in [1.82, 2.24) is 9.88 Å². The summed E-state index contributed by atoms with van der Waals surface area (Å²) < 4.78 is 5.03. The molecule has 1 unspecified atom stereocenters. The van der Waals surface area contributed by atoms with Crippen LogP contribution in [0.25, 0.3) is 0 Å². The van der Waals surface area contributed by atoms with E-state index in [1.807, 2.05) is 30.3 Å². The van der Waals surface area contributed by atoms with Crippen LogP contribution in [0.2, 0.25) is 0 Å². The minimum Gasteiger partial charge on any atom is -0.462 e. The number of carbonyl (C=O) groups is 3. The van der Waals surface area contributed by atoms with Gasteiger partial charge < -0.3 is 15.0 Å². The lowest BCUT2D eigenvalue weighted by atomic mass is 10.1. The van der Waals surface area contributed by atoms with Crippen molar-refractivity contribution in [2.24, 2.45) is 0 Å². The monoisotopic (exact) mass is 502 g/mol. The van der Waals surface area contributed by atoms with E-state index in [4.69, 9.17) is 17.0 Å². The highest BCUT2D eigenvalue weighted by Crippen LogP contribution is 2.28. The Morgan fingerprint density at radius 1 is 1.03 bits per heavy atom. The van der Waals surface area contributed by atoms with Gasteiger partial charge in [-0.3, -0.25) is 19.5 Å². The SMILES string of the molecule is CCOC(=O)c1ccc(N2C(=O)C(CC(=O)Nc3ccccc3)N(CCc3ccncc3)C2=S)cc1. The van der Waals surface area contributed by atoms with E-state index in [0.29, 0.717) is 35.0 Å². The summed E-state index contributed by atoms with van der Waals surface area (Å²) in [5.41, 5.74) is 2.61. The van der Waals surface area contributed by atoms with Crippen LogP contribution in [0.5, 0.6) is 0 Å². The lowest BCUT2D eigenvalue weighted by molar-refractivity contribution is -0.124. The molecule has 0 radical (unpaired) electrons. The van der Waals surface area contributed by atoms with Gasteiger partial charge in [-0.05, 0) is 79.7 Å². The molecule has 2 amide bonds. The second-order valence-electron chi connectivity index (χ2n) is 8.16. The first kappa shape index (κ1) is 25.0. The Labute approximate surface area is 214 Å². The maximum atomic E-state index is 13.6. The molecule has 1 fully saturated rings. The first-order valence-electron chi connectivity index (χ1n) is 11.6. The molecule has 0 saturated carbocycles. The summed E-state index contributed by atoms with van der Waals surface area (Å²) in [5.74, 6) is -1.01. The first-order valence-corrected chi connectivity index (χ1v) is 12.0. The molecule has 0 aliphatic carbocycles. The average molecular weight is 503 g/mol. The maximum absolute atomic E-state index is 13.6. The zero-order valence-corrected chi connectivity index (χ0v) is 20.6. The molecular weight excluding hydrogens is 476 g/mol. The number of anilines is 2. The standard InChI is InChI=1S/C27H26N4O4S/c1-2-35-26(34)20-8-10-22(11-9-20)31-25(33)23(18-24(32)29-21-6-4-3-5-7-21)30(27(31)36)17-14-19-12-15-28-16-13-19/h3-13,15-16,23H,2,14,17-18H2,1H3,(H,29,32). The van der Waals surface area contributed by atoms with Crippen LogP contribution < -0.4 is 10.2 Å². The minimum atomic E-state index is -0.757. The molecule has 3 aromatic rings. The van der Waals surface area contributed by atoms with Crippen LogP contribution in [0.3, 0.4) is 0 Å². The summed E-state index contributed by atoms with van der Waals surface area (Å²) >= 11 is 5.72. The van der Waals surface area contributed by atoms with Crippen LogP contribution in [0.15, 0.2) is 79.1 Å². The van der Waals surface area contributed by atoms with Crippen molar-refractivity contribution in [3.8, 4) is 0 Å². The van der Waals surface area contributed by atoms with Gasteiger partial charge in [-0.25, -0.2) is 4.79 Å². The van der Waals surface area contributed by atoms with E-state index in [1.165, 1.54) is 4.90 Å². The fourth-order valence-corrected chi connectivity index (χ4v) is 4.41. The van der Waals surface area contributed by atoms with E-state index in [0.717, 1.165) is 5.56 Å². The minimum absolute atomic E-state index is 0.0539. The lowest BCUT2D eigenvalue weighted by Gasteiger charge is -2.24.